The zero-order valence-electron chi connectivity index (χ0n) is 11.0. The summed E-state index contributed by atoms with van der Waals surface area (Å²) >= 11 is 3.26. The topological polar surface area (TPSA) is 53.1 Å². The van der Waals surface area contributed by atoms with E-state index in [1.54, 1.807) is 12.1 Å². The molecule has 2 aromatic rings. The number of hydrogen-bond donors (Lipinski definition) is 2. The second-order valence-electron chi connectivity index (χ2n) is 4.50. The SMILES string of the molecule is CN(Cc1cccc(F)c1Br)c1ccccc1C(=N)N. The Hall–Kier alpha value is -1.88. The minimum Gasteiger partial charge on any atom is -0.384 e. The van der Waals surface area contributed by atoms with Gasteiger partial charge in [0, 0.05) is 24.8 Å². The lowest BCUT2D eigenvalue weighted by Gasteiger charge is -2.22. The smallest absolute Gasteiger partial charge is 0.137 e. The molecule has 20 heavy (non-hydrogen) atoms. The van der Waals surface area contributed by atoms with Gasteiger partial charge in [0.25, 0.3) is 0 Å². The summed E-state index contributed by atoms with van der Waals surface area (Å²) in [4.78, 5) is 1.94. The third-order valence-corrected chi connectivity index (χ3v) is 3.93. The van der Waals surface area contributed by atoms with Crippen LogP contribution < -0.4 is 10.6 Å². The van der Waals surface area contributed by atoms with Crippen molar-refractivity contribution in [1.29, 1.82) is 5.41 Å². The van der Waals surface area contributed by atoms with E-state index >= 15 is 0 Å². The fourth-order valence-electron chi connectivity index (χ4n) is 2.05. The van der Waals surface area contributed by atoms with Crippen molar-refractivity contribution in [1.82, 2.24) is 0 Å². The Morgan fingerprint density at radius 1 is 1.25 bits per heavy atom. The van der Waals surface area contributed by atoms with E-state index in [1.807, 2.05) is 36.2 Å². The number of hydrogen-bond acceptors (Lipinski definition) is 2. The summed E-state index contributed by atoms with van der Waals surface area (Å²) in [6, 6.07) is 12.4. The van der Waals surface area contributed by atoms with Crippen LogP contribution in [0.1, 0.15) is 11.1 Å². The molecule has 5 heteroatoms. The summed E-state index contributed by atoms with van der Waals surface area (Å²) in [5.74, 6) is -0.262. The monoisotopic (exact) mass is 335 g/mol. The van der Waals surface area contributed by atoms with Crippen molar-refractivity contribution in [2.75, 3.05) is 11.9 Å². The van der Waals surface area contributed by atoms with Gasteiger partial charge in [-0.15, -0.1) is 0 Å². The number of nitrogens with two attached hydrogens (primary N) is 1. The predicted molar refractivity (Wildman–Crippen MR) is 83.7 cm³/mol. The van der Waals surface area contributed by atoms with Gasteiger partial charge in [-0.1, -0.05) is 24.3 Å². The van der Waals surface area contributed by atoms with Gasteiger partial charge in [-0.25, -0.2) is 4.39 Å². The molecule has 0 bridgehead atoms. The molecular formula is C15H15BrFN3. The molecular weight excluding hydrogens is 321 g/mol. The van der Waals surface area contributed by atoms with Gasteiger partial charge < -0.3 is 10.6 Å². The molecule has 0 aromatic heterocycles. The Labute approximate surface area is 125 Å². The van der Waals surface area contributed by atoms with E-state index < -0.39 is 0 Å². The molecule has 0 heterocycles. The fourth-order valence-corrected chi connectivity index (χ4v) is 2.44. The third-order valence-electron chi connectivity index (χ3n) is 3.04. The van der Waals surface area contributed by atoms with E-state index in [9.17, 15) is 4.39 Å². The largest absolute Gasteiger partial charge is 0.384 e. The molecule has 0 saturated carbocycles. The zero-order valence-corrected chi connectivity index (χ0v) is 12.6. The summed E-state index contributed by atoms with van der Waals surface area (Å²) in [5, 5.41) is 7.61. The van der Waals surface area contributed by atoms with Crippen LogP contribution in [0, 0.1) is 11.2 Å². The summed E-state index contributed by atoms with van der Waals surface area (Å²) in [5.41, 5.74) is 7.94. The van der Waals surface area contributed by atoms with E-state index in [4.69, 9.17) is 11.1 Å². The van der Waals surface area contributed by atoms with Crippen molar-refractivity contribution in [3.63, 3.8) is 0 Å². The Bertz CT molecular complexity index is 643. The summed E-state index contributed by atoms with van der Waals surface area (Å²) in [6.45, 7) is 0.517. The fraction of sp³-hybridized carbons (Fsp3) is 0.133. The molecule has 0 unspecified atom stereocenters. The van der Waals surface area contributed by atoms with Gasteiger partial charge >= 0.3 is 0 Å². The molecule has 0 spiro atoms. The highest BCUT2D eigenvalue weighted by molar-refractivity contribution is 9.10. The first-order chi connectivity index (χ1) is 9.50. The molecule has 3 N–H and O–H groups in total. The Morgan fingerprint density at radius 3 is 2.65 bits per heavy atom. The minimum atomic E-state index is -0.282. The summed E-state index contributed by atoms with van der Waals surface area (Å²) < 4.78 is 14.0. The first-order valence-corrected chi connectivity index (χ1v) is 6.87. The van der Waals surface area contributed by atoms with Crippen LogP contribution >= 0.6 is 15.9 Å². The minimum absolute atomic E-state index is 0.0192. The van der Waals surface area contributed by atoms with Crippen molar-refractivity contribution in [2.45, 2.75) is 6.54 Å². The molecule has 0 atom stereocenters. The second-order valence-corrected chi connectivity index (χ2v) is 5.29. The highest BCUT2D eigenvalue weighted by Crippen LogP contribution is 2.25. The van der Waals surface area contributed by atoms with E-state index in [0.717, 1.165) is 11.3 Å². The van der Waals surface area contributed by atoms with E-state index in [1.165, 1.54) is 6.07 Å². The van der Waals surface area contributed by atoms with Crippen molar-refractivity contribution >= 4 is 27.5 Å². The summed E-state index contributed by atoms with van der Waals surface area (Å²) in [6.07, 6.45) is 0. The number of para-hydroxylation sites is 1. The van der Waals surface area contributed by atoms with Crippen LogP contribution in [0.15, 0.2) is 46.9 Å². The quantitative estimate of drug-likeness (QED) is 0.663. The standard InChI is InChI=1S/C15H15BrFN3/c1-20(9-10-5-4-7-12(17)14(10)16)13-8-3-2-6-11(13)15(18)19/h2-8H,9H2,1H3,(H3,18,19). The number of nitrogens with one attached hydrogen (secondary N) is 1. The van der Waals surface area contributed by atoms with Crippen molar-refractivity contribution in [3.05, 3.63) is 63.9 Å². The Morgan fingerprint density at radius 2 is 1.95 bits per heavy atom. The predicted octanol–water partition coefficient (Wildman–Crippen LogP) is 3.51. The van der Waals surface area contributed by atoms with Crippen LogP contribution in [0.25, 0.3) is 0 Å². The highest BCUT2D eigenvalue weighted by Gasteiger charge is 2.12. The average Bonchev–Trinajstić information content (AvgIpc) is 2.43. The van der Waals surface area contributed by atoms with Gasteiger partial charge in [0.1, 0.15) is 11.7 Å². The Balaban J connectivity index is 2.31. The molecule has 104 valence electrons. The molecule has 2 rings (SSSR count). The molecule has 0 fully saturated rings. The van der Waals surface area contributed by atoms with Crippen molar-refractivity contribution < 1.29 is 4.39 Å². The number of amidine groups is 1. The van der Waals surface area contributed by atoms with Crippen LogP contribution in [0.2, 0.25) is 0 Å². The lowest BCUT2D eigenvalue weighted by molar-refractivity contribution is 0.617. The number of anilines is 1. The van der Waals surface area contributed by atoms with Crippen LogP contribution in [-0.4, -0.2) is 12.9 Å². The van der Waals surface area contributed by atoms with Gasteiger partial charge in [-0.3, -0.25) is 5.41 Å². The van der Waals surface area contributed by atoms with Gasteiger partial charge in [0.15, 0.2) is 0 Å². The number of halogens is 2. The maximum absolute atomic E-state index is 13.5. The number of rotatable bonds is 4. The zero-order chi connectivity index (χ0) is 14.7. The van der Waals surface area contributed by atoms with Gasteiger partial charge in [-0.2, -0.15) is 0 Å². The van der Waals surface area contributed by atoms with Crippen LogP contribution in [-0.2, 0) is 6.54 Å². The molecule has 0 radical (unpaired) electrons. The molecule has 0 aliphatic heterocycles. The van der Waals surface area contributed by atoms with Crippen LogP contribution in [0.5, 0.6) is 0 Å². The molecule has 0 amide bonds. The van der Waals surface area contributed by atoms with Gasteiger partial charge in [0.05, 0.1) is 4.47 Å². The van der Waals surface area contributed by atoms with E-state index in [-0.39, 0.29) is 11.7 Å². The normalized spacial score (nSPS) is 10.3. The first-order valence-electron chi connectivity index (χ1n) is 6.08. The lowest BCUT2D eigenvalue weighted by atomic mass is 10.1. The average molecular weight is 336 g/mol. The maximum Gasteiger partial charge on any atom is 0.137 e. The first kappa shape index (κ1) is 14.5. The summed E-state index contributed by atoms with van der Waals surface area (Å²) in [7, 11) is 1.89. The highest BCUT2D eigenvalue weighted by atomic mass is 79.9. The van der Waals surface area contributed by atoms with Crippen molar-refractivity contribution in [3.8, 4) is 0 Å². The molecule has 3 nitrogen and oxygen atoms in total. The number of nitrogens with zero attached hydrogens (tertiary/aromatic N) is 1. The number of nitrogen functional groups attached to an aromatic ring is 1. The second kappa shape index (κ2) is 6.05. The third kappa shape index (κ3) is 2.99. The van der Waals surface area contributed by atoms with Crippen LogP contribution in [0.3, 0.4) is 0 Å². The number of benzene rings is 2. The van der Waals surface area contributed by atoms with E-state index in [0.29, 0.717) is 16.6 Å². The lowest BCUT2D eigenvalue weighted by Crippen LogP contribution is -2.22. The van der Waals surface area contributed by atoms with Gasteiger partial charge in [0.2, 0.25) is 0 Å². The molecule has 0 aliphatic rings. The van der Waals surface area contributed by atoms with E-state index in [2.05, 4.69) is 15.9 Å². The van der Waals surface area contributed by atoms with Crippen LogP contribution in [0.4, 0.5) is 10.1 Å². The molecule has 0 saturated heterocycles. The molecule has 2 aromatic carbocycles. The van der Waals surface area contributed by atoms with Gasteiger partial charge in [-0.05, 0) is 39.7 Å². The Kier molecular flexibility index (Phi) is 4.39. The molecule has 0 aliphatic carbocycles. The van der Waals surface area contributed by atoms with Crippen molar-refractivity contribution in [2.24, 2.45) is 5.73 Å². The maximum atomic E-state index is 13.5.